The standard InChI is InChI=1S/C23H35N2.C5H8.C2H3N.2ClH.Ru/c1-16(2)20-11-7-9-18(5)22(20)24-13-14-25(15-24)23-19(6)10-8-12-21(23)17(3)4;1-4-5(2)3;1-2-3;;;/h7-8,11-12,15-19H,9-10,13-14H2,1-6H3;1,4H,2-3H3;1H3;2*1H;/q-1;;;;;+2/p-2/t18-,19+;;;;;. The Morgan fingerprint density at radius 3 is 1.64 bits per heavy atom. The van der Waals surface area contributed by atoms with Gasteiger partial charge in [0.2, 0.25) is 0 Å². The molecule has 2 aliphatic carbocycles. The zero-order chi connectivity index (χ0) is 27.4. The summed E-state index contributed by atoms with van der Waals surface area (Å²) in [6, 6.07) is 1.75. The summed E-state index contributed by atoms with van der Waals surface area (Å²) in [6.45, 7) is 24.1. The molecule has 3 aliphatic rings. The fourth-order valence-electron chi connectivity index (χ4n) is 4.66. The van der Waals surface area contributed by atoms with Gasteiger partial charge < -0.3 is 9.80 Å². The average Bonchev–Trinajstić information content (AvgIpc) is 3.27. The molecule has 0 bridgehead atoms. The van der Waals surface area contributed by atoms with E-state index in [-0.39, 0.29) is 0 Å². The van der Waals surface area contributed by atoms with Gasteiger partial charge in [0.1, 0.15) is 0 Å². The predicted octanol–water partition coefficient (Wildman–Crippen LogP) is 8.95. The van der Waals surface area contributed by atoms with Crippen LogP contribution in [0.25, 0.3) is 0 Å². The summed E-state index contributed by atoms with van der Waals surface area (Å²) < 4.78 is 1.88. The summed E-state index contributed by atoms with van der Waals surface area (Å²) in [5.74, 6) is 2.39. The van der Waals surface area contributed by atoms with Crippen LogP contribution in [-0.4, -0.2) is 27.5 Å². The van der Waals surface area contributed by atoms with E-state index < -0.39 is 13.5 Å². The van der Waals surface area contributed by atoms with Gasteiger partial charge in [0.05, 0.1) is 6.07 Å². The molecule has 0 aromatic heterocycles. The van der Waals surface area contributed by atoms with Gasteiger partial charge >= 0.3 is 63.0 Å². The summed E-state index contributed by atoms with van der Waals surface area (Å²) in [7, 11) is 11.1. The normalized spacial score (nSPS) is 21.6. The van der Waals surface area contributed by atoms with Crippen molar-refractivity contribution in [1.82, 2.24) is 9.80 Å². The van der Waals surface area contributed by atoms with Crippen molar-refractivity contribution in [3.8, 4) is 6.07 Å². The van der Waals surface area contributed by atoms with Gasteiger partial charge in [0, 0.05) is 20.0 Å². The van der Waals surface area contributed by atoms with Crippen LogP contribution < -0.4 is 0 Å². The Bertz CT molecular complexity index is 870. The minimum Gasteiger partial charge on any atom is -0.505 e. The second kappa shape index (κ2) is 16.7. The summed E-state index contributed by atoms with van der Waals surface area (Å²) in [6.07, 6.45) is 13.7. The Morgan fingerprint density at radius 1 is 0.972 bits per heavy atom. The van der Waals surface area contributed by atoms with Gasteiger partial charge in [-0.1, -0.05) is 65.8 Å². The Balaban J connectivity index is 0.000000498. The zero-order valence-corrected chi connectivity index (χ0v) is 26.9. The molecule has 1 fully saturated rings. The van der Waals surface area contributed by atoms with E-state index >= 15 is 0 Å². The quantitative estimate of drug-likeness (QED) is 0.227. The molecule has 0 aromatic rings. The molecular formula is C30H46Cl2N3Ru-. The number of nitriles is 1. The first-order valence-corrected chi connectivity index (χ1v) is 18.4. The van der Waals surface area contributed by atoms with Crippen molar-refractivity contribution in [2.45, 2.75) is 75.2 Å². The molecule has 204 valence electrons. The van der Waals surface area contributed by atoms with Crippen molar-refractivity contribution >= 4 is 24.0 Å². The molecule has 1 aliphatic heterocycles. The molecule has 0 aromatic carbocycles. The third kappa shape index (κ3) is 10.3. The van der Waals surface area contributed by atoms with E-state index in [1.165, 1.54) is 23.6 Å². The first-order valence-electron chi connectivity index (χ1n) is 12.9. The fourth-order valence-corrected chi connectivity index (χ4v) is 5.99. The van der Waals surface area contributed by atoms with Gasteiger partial charge in [0.25, 0.3) is 0 Å². The van der Waals surface area contributed by atoms with Crippen LogP contribution in [-0.2, 0) is 13.5 Å². The molecule has 1 saturated heterocycles. The SMILES string of the molecule is CC#N.CC(C)=C[CH]=[Ru]([Cl])[Cl].CC(C)C1=C(N2[CH-]N(C3=C(C(C)C)C=CC[C@@H]3C)CC2)[C@H](C)CC=C1. The molecule has 2 atom stereocenters. The maximum atomic E-state index is 7.32. The fraction of sp³-hybridized carbons (Fsp3) is 0.567. The summed E-state index contributed by atoms with van der Waals surface area (Å²) in [5.41, 5.74) is 7.37. The first kappa shape index (κ1) is 32.9. The van der Waals surface area contributed by atoms with E-state index in [0.29, 0.717) is 23.7 Å². The van der Waals surface area contributed by atoms with Gasteiger partial charge in [0.15, 0.2) is 0 Å². The smallest absolute Gasteiger partial charge is 0.00510 e. The molecule has 3 nitrogen and oxygen atoms in total. The van der Waals surface area contributed by atoms with Gasteiger partial charge in [-0.15, -0.1) is 0 Å². The van der Waals surface area contributed by atoms with Crippen LogP contribution in [0, 0.1) is 41.7 Å². The Hall–Kier alpha value is -1.14. The molecule has 0 spiro atoms. The van der Waals surface area contributed by atoms with Crippen molar-refractivity contribution in [3.63, 3.8) is 0 Å². The van der Waals surface area contributed by atoms with Crippen molar-refractivity contribution < 1.29 is 13.5 Å². The molecular weight excluding hydrogens is 574 g/mol. The van der Waals surface area contributed by atoms with Crippen molar-refractivity contribution in [1.29, 1.82) is 5.26 Å². The van der Waals surface area contributed by atoms with Crippen LogP contribution in [0.4, 0.5) is 0 Å². The maximum Gasteiger partial charge on any atom is 0.00510 e. The first-order chi connectivity index (χ1) is 16.9. The monoisotopic (exact) mass is 620 g/mol. The summed E-state index contributed by atoms with van der Waals surface area (Å²) >= 11 is -1.52. The van der Waals surface area contributed by atoms with Crippen LogP contribution >= 0.6 is 19.4 Å². The molecule has 3 rings (SSSR count). The van der Waals surface area contributed by atoms with Crippen LogP contribution in [0.15, 0.2) is 58.5 Å². The minimum absolute atomic E-state index is 0.582. The summed E-state index contributed by atoms with van der Waals surface area (Å²) in [5, 5.41) is 7.32. The molecule has 0 radical (unpaired) electrons. The second-order valence-corrected chi connectivity index (χ2v) is 16.2. The third-order valence-electron chi connectivity index (χ3n) is 6.30. The van der Waals surface area contributed by atoms with Gasteiger partial charge in [-0.05, 0) is 59.1 Å². The van der Waals surface area contributed by atoms with Crippen LogP contribution in [0.5, 0.6) is 0 Å². The van der Waals surface area contributed by atoms with Crippen molar-refractivity contribution in [2.75, 3.05) is 13.1 Å². The minimum atomic E-state index is -1.52. The number of hydrogen-bond donors (Lipinski definition) is 0. The van der Waals surface area contributed by atoms with E-state index in [1.54, 1.807) is 17.5 Å². The van der Waals surface area contributed by atoms with E-state index in [9.17, 15) is 0 Å². The van der Waals surface area contributed by atoms with E-state index in [0.717, 1.165) is 25.9 Å². The van der Waals surface area contributed by atoms with Gasteiger partial charge in [-0.3, -0.25) is 0 Å². The van der Waals surface area contributed by atoms with Crippen molar-refractivity contribution in [3.05, 3.63) is 65.2 Å². The predicted molar refractivity (Wildman–Crippen MR) is 156 cm³/mol. The number of hydrogen-bond acceptors (Lipinski definition) is 3. The van der Waals surface area contributed by atoms with Gasteiger partial charge in [-0.2, -0.15) is 11.9 Å². The van der Waals surface area contributed by atoms with E-state index in [4.69, 9.17) is 24.6 Å². The maximum absolute atomic E-state index is 7.32. The average molecular weight is 621 g/mol. The summed E-state index contributed by atoms with van der Waals surface area (Å²) in [4.78, 5) is 5.08. The zero-order valence-electron chi connectivity index (χ0n) is 23.6. The van der Waals surface area contributed by atoms with Crippen LogP contribution in [0.2, 0.25) is 0 Å². The molecule has 0 N–H and O–H groups in total. The van der Waals surface area contributed by atoms with E-state index in [1.807, 2.05) is 24.5 Å². The third-order valence-corrected chi connectivity index (χ3v) is 8.09. The van der Waals surface area contributed by atoms with Crippen LogP contribution in [0.1, 0.15) is 75.2 Å². The second-order valence-electron chi connectivity index (χ2n) is 10.4. The topological polar surface area (TPSA) is 30.3 Å². The molecule has 0 amide bonds. The molecule has 0 saturated carbocycles. The molecule has 1 heterocycles. The Kier molecular flexibility index (Phi) is 15.2. The molecule has 0 unspecified atom stereocenters. The van der Waals surface area contributed by atoms with Crippen molar-refractivity contribution in [2.24, 2.45) is 23.7 Å². The Morgan fingerprint density at radius 2 is 1.36 bits per heavy atom. The van der Waals surface area contributed by atoms with Crippen LogP contribution in [0.3, 0.4) is 0 Å². The number of nitrogens with zero attached hydrogens (tertiary/aromatic N) is 3. The van der Waals surface area contributed by atoms with E-state index in [2.05, 4.69) is 82.3 Å². The van der Waals surface area contributed by atoms with Gasteiger partial charge in [-0.25, -0.2) is 0 Å². The molecule has 36 heavy (non-hydrogen) atoms. The Labute approximate surface area is 234 Å². The number of halogens is 2. The number of allylic oxidation sites excluding steroid dienone is 10. The number of rotatable bonds is 5. The molecule has 6 heteroatoms. The largest absolute Gasteiger partial charge is 0.505 e.